The molecule has 4 heteroatoms. The summed E-state index contributed by atoms with van der Waals surface area (Å²) < 4.78 is 0. The molecule has 112 valence electrons. The van der Waals surface area contributed by atoms with Crippen LogP contribution >= 0.6 is 0 Å². The van der Waals surface area contributed by atoms with Crippen molar-refractivity contribution in [1.82, 2.24) is 4.90 Å². The molecular formula is C16H24NO3-. The zero-order chi connectivity index (χ0) is 15.6. The molecule has 1 aromatic carbocycles. The first kappa shape index (κ1) is 16.5. The van der Waals surface area contributed by atoms with Crippen LogP contribution in [0.15, 0.2) is 30.3 Å². The highest BCUT2D eigenvalue weighted by atomic mass is 16.4. The number of carbonyl (C=O) groups is 1. The molecule has 0 saturated carbocycles. The second kappa shape index (κ2) is 5.83. The van der Waals surface area contributed by atoms with E-state index in [1.165, 1.54) is 4.90 Å². The highest BCUT2D eigenvalue weighted by Crippen LogP contribution is 2.33. The molecular weight excluding hydrogens is 254 g/mol. The fourth-order valence-electron chi connectivity index (χ4n) is 2.56. The van der Waals surface area contributed by atoms with Gasteiger partial charge in [-0.25, -0.2) is 0 Å². The van der Waals surface area contributed by atoms with Gasteiger partial charge in [0, 0.05) is 11.0 Å². The average molecular weight is 278 g/mol. The molecule has 20 heavy (non-hydrogen) atoms. The van der Waals surface area contributed by atoms with Gasteiger partial charge in [-0.05, 0) is 26.3 Å². The lowest BCUT2D eigenvalue weighted by atomic mass is 9.76. The molecule has 1 amide bonds. The van der Waals surface area contributed by atoms with Crippen molar-refractivity contribution in [2.45, 2.75) is 51.6 Å². The van der Waals surface area contributed by atoms with Gasteiger partial charge in [-0.15, -0.1) is 0 Å². The van der Waals surface area contributed by atoms with Gasteiger partial charge in [0.1, 0.15) is 6.09 Å². The average Bonchev–Trinajstić information content (AvgIpc) is 2.34. The smallest absolute Gasteiger partial charge is 0.137 e. The Balaban J connectivity index is 3.26. The summed E-state index contributed by atoms with van der Waals surface area (Å²) in [5.74, 6) is 0. The number of aliphatic hydroxyl groups excluding tert-OH is 1. The molecule has 4 nitrogen and oxygen atoms in total. The SMILES string of the molecule is CC(C)(c1ccccc1)C(CO)N(C(=O)[O-])C(C)(C)C. The fraction of sp³-hybridized carbons (Fsp3) is 0.562. The van der Waals surface area contributed by atoms with Crippen LogP contribution in [0.1, 0.15) is 40.2 Å². The van der Waals surface area contributed by atoms with Crippen LogP contribution in [0.3, 0.4) is 0 Å². The summed E-state index contributed by atoms with van der Waals surface area (Å²) in [6.07, 6.45) is -1.26. The van der Waals surface area contributed by atoms with Crippen LogP contribution in [0.4, 0.5) is 4.79 Å². The van der Waals surface area contributed by atoms with Crippen LogP contribution in [0.5, 0.6) is 0 Å². The number of carboxylic acid groups (broad SMARTS) is 1. The van der Waals surface area contributed by atoms with Gasteiger partial charge in [0.2, 0.25) is 0 Å². The number of carbonyl (C=O) groups excluding carboxylic acids is 1. The molecule has 0 aromatic heterocycles. The Kier molecular flexibility index (Phi) is 4.81. The number of nitrogens with zero attached hydrogens (tertiary/aromatic N) is 1. The first-order chi connectivity index (χ1) is 9.12. The zero-order valence-electron chi connectivity index (χ0n) is 12.9. The molecule has 1 atom stereocenters. The predicted molar refractivity (Wildman–Crippen MR) is 77.3 cm³/mol. The van der Waals surface area contributed by atoms with Gasteiger partial charge in [0.05, 0.1) is 12.6 Å². The van der Waals surface area contributed by atoms with Gasteiger partial charge in [-0.2, -0.15) is 0 Å². The Morgan fingerprint density at radius 1 is 1.20 bits per heavy atom. The molecule has 0 bridgehead atoms. The van der Waals surface area contributed by atoms with Gasteiger partial charge in [-0.3, -0.25) is 0 Å². The fourth-order valence-corrected chi connectivity index (χ4v) is 2.56. The maximum Gasteiger partial charge on any atom is 0.137 e. The highest BCUT2D eigenvalue weighted by molar-refractivity contribution is 5.64. The van der Waals surface area contributed by atoms with E-state index in [4.69, 9.17) is 0 Å². The topological polar surface area (TPSA) is 63.6 Å². The van der Waals surface area contributed by atoms with E-state index in [1.807, 2.05) is 44.2 Å². The lowest BCUT2D eigenvalue weighted by Gasteiger charge is -2.49. The first-order valence-electron chi connectivity index (χ1n) is 6.79. The Bertz CT molecular complexity index is 449. The van der Waals surface area contributed by atoms with Gasteiger partial charge < -0.3 is 19.9 Å². The van der Waals surface area contributed by atoms with E-state index in [2.05, 4.69) is 0 Å². The number of aliphatic hydroxyl groups is 1. The maximum atomic E-state index is 11.5. The molecule has 0 saturated heterocycles. The van der Waals surface area contributed by atoms with Gasteiger partial charge in [0.25, 0.3) is 0 Å². The molecule has 0 aliphatic carbocycles. The van der Waals surface area contributed by atoms with Crippen LogP contribution in [0.2, 0.25) is 0 Å². The van der Waals surface area contributed by atoms with Gasteiger partial charge >= 0.3 is 0 Å². The number of hydrogen-bond acceptors (Lipinski definition) is 3. The molecule has 0 fully saturated rings. The summed E-state index contributed by atoms with van der Waals surface area (Å²) in [5.41, 5.74) is -0.184. The standard InChI is InChI=1S/C16H25NO3/c1-15(2,3)17(14(19)20)13(11-18)16(4,5)12-9-7-6-8-10-12/h6-10,13,18H,11H2,1-5H3,(H,19,20)/p-1. The summed E-state index contributed by atoms with van der Waals surface area (Å²) in [4.78, 5) is 12.8. The van der Waals surface area contributed by atoms with E-state index < -0.39 is 23.1 Å². The van der Waals surface area contributed by atoms with Crippen LogP contribution in [-0.2, 0) is 5.41 Å². The van der Waals surface area contributed by atoms with E-state index in [0.29, 0.717) is 0 Å². The molecule has 0 heterocycles. The Morgan fingerprint density at radius 3 is 2.05 bits per heavy atom. The monoisotopic (exact) mass is 278 g/mol. The molecule has 1 N–H and O–H groups in total. The Labute approximate surface area is 121 Å². The van der Waals surface area contributed by atoms with Crippen LogP contribution in [0, 0.1) is 0 Å². The third-order valence-electron chi connectivity index (χ3n) is 3.75. The van der Waals surface area contributed by atoms with Crippen molar-refractivity contribution in [3.63, 3.8) is 0 Å². The van der Waals surface area contributed by atoms with Crippen LogP contribution in [-0.4, -0.2) is 34.3 Å². The molecule has 0 radical (unpaired) electrons. The minimum Gasteiger partial charge on any atom is -0.530 e. The van der Waals surface area contributed by atoms with Crippen LogP contribution < -0.4 is 5.11 Å². The maximum absolute atomic E-state index is 11.5. The van der Waals surface area contributed by atoms with E-state index in [0.717, 1.165) is 5.56 Å². The molecule has 1 aromatic rings. The van der Waals surface area contributed by atoms with E-state index in [-0.39, 0.29) is 6.61 Å². The number of rotatable bonds is 4. The van der Waals surface area contributed by atoms with Gasteiger partial charge in [0.15, 0.2) is 0 Å². The molecule has 1 unspecified atom stereocenters. The normalized spacial score (nSPS) is 13.9. The van der Waals surface area contributed by atoms with Crippen molar-refractivity contribution in [2.75, 3.05) is 6.61 Å². The minimum absolute atomic E-state index is 0.257. The summed E-state index contributed by atoms with van der Waals surface area (Å²) in [6, 6.07) is 9.04. The second-order valence-corrected chi connectivity index (χ2v) is 6.59. The van der Waals surface area contributed by atoms with Crippen LogP contribution in [0.25, 0.3) is 0 Å². The Hall–Kier alpha value is -1.55. The molecule has 1 rings (SSSR count). The first-order valence-corrected chi connectivity index (χ1v) is 6.79. The zero-order valence-corrected chi connectivity index (χ0v) is 12.9. The quantitative estimate of drug-likeness (QED) is 0.913. The number of hydrogen-bond donors (Lipinski definition) is 1. The van der Waals surface area contributed by atoms with Crippen molar-refractivity contribution in [1.29, 1.82) is 0 Å². The van der Waals surface area contributed by atoms with Gasteiger partial charge in [-0.1, -0.05) is 44.2 Å². The summed E-state index contributed by atoms with van der Waals surface area (Å²) in [6.45, 7) is 9.01. The predicted octanol–water partition coefficient (Wildman–Crippen LogP) is 1.77. The highest BCUT2D eigenvalue weighted by Gasteiger charge is 2.39. The molecule has 0 spiro atoms. The van der Waals surface area contributed by atoms with Crippen molar-refractivity contribution in [2.24, 2.45) is 0 Å². The summed E-state index contributed by atoms with van der Waals surface area (Å²) in [5, 5.41) is 21.3. The molecule has 0 aliphatic heterocycles. The summed E-state index contributed by atoms with van der Waals surface area (Å²) >= 11 is 0. The second-order valence-electron chi connectivity index (χ2n) is 6.59. The van der Waals surface area contributed by atoms with E-state index >= 15 is 0 Å². The third-order valence-corrected chi connectivity index (χ3v) is 3.75. The minimum atomic E-state index is -1.26. The van der Waals surface area contributed by atoms with Crippen molar-refractivity contribution in [3.05, 3.63) is 35.9 Å². The third kappa shape index (κ3) is 3.31. The lowest BCUT2D eigenvalue weighted by molar-refractivity contribution is -0.275. The largest absolute Gasteiger partial charge is 0.530 e. The summed E-state index contributed by atoms with van der Waals surface area (Å²) in [7, 11) is 0. The van der Waals surface area contributed by atoms with Crippen molar-refractivity contribution in [3.8, 4) is 0 Å². The number of benzene rings is 1. The molecule has 0 aliphatic rings. The number of amides is 1. The van der Waals surface area contributed by atoms with Crippen molar-refractivity contribution < 1.29 is 15.0 Å². The lowest BCUT2D eigenvalue weighted by Crippen LogP contribution is -2.62. The van der Waals surface area contributed by atoms with E-state index in [1.54, 1.807) is 20.8 Å². The van der Waals surface area contributed by atoms with Crippen molar-refractivity contribution >= 4 is 6.09 Å². The van der Waals surface area contributed by atoms with E-state index in [9.17, 15) is 15.0 Å². The Morgan fingerprint density at radius 2 is 1.70 bits per heavy atom.